The summed E-state index contributed by atoms with van der Waals surface area (Å²) in [5, 5.41) is 3.36. The van der Waals surface area contributed by atoms with E-state index >= 15 is 0 Å². The summed E-state index contributed by atoms with van der Waals surface area (Å²) in [4.78, 5) is 4.90. The maximum absolute atomic E-state index is 6.79. The van der Waals surface area contributed by atoms with Crippen molar-refractivity contribution in [1.29, 1.82) is 0 Å². The van der Waals surface area contributed by atoms with E-state index in [-0.39, 0.29) is 11.0 Å². The highest BCUT2D eigenvalue weighted by atomic mass is 32.1. The van der Waals surface area contributed by atoms with Crippen LogP contribution in [-0.4, -0.2) is 4.98 Å². The zero-order chi connectivity index (χ0) is 15.9. The molecule has 3 heteroatoms. The fourth-order valence-corrected chi connectivity index (χ4v) is 4.51. The highest BCUT2D eigenvalue weighted by Crippen LogP contribution is 2.43. The molecule has 2 N–H and O–H groups in total. The Bertz CT molecular complexity index is 478. The molecule has 120 valence electrons. The van der Waals surface area contributed by atoms with E-state index in [0.29, 0.717) is 5.41 Å². The van der Waals surface area contributed by atoms with Crippen LogP contribution in [-0.2, 0) is 11.0 Å². The Kier molecular flexibility index (Phi) is 4.57. The molecule has 2 rings (SSSR count). The number of aromatic nitrogens is 1. The van der Waals surface area contributed by atoms with Crippen molar-refractivity contribution in [2.24, 2.45) is 17.1 Å². The molecule has 1 heterocycles. The normalized spacial score (nSPS) is 28.4. The zero-order valence-electron chi connectivity index (χ0n) is 14.6. The van der Waals surface area contributed by atoms with Crippen LogP contribution in [0.1, 0.15) is 84.3 Å². The van der Waals surface area contributed by atoms with Gasteiger partial charge in [0.05, 0.1) is 11.2 Å². The quantitative estimate of drug-likeness (QED) is 0.722. The van der Waals surface area contributed by atoms with Crippen molar-refractivity contribution in [3.05, 3.63) is 16.1 Å². The van der Waals surface area contributed by atoms with Crippen LogP contribution in [0.3, 0.4) is 0 Å². The fraction of sp³-hybridized carbons (Fsp3) is 0.833. The molecule has 0 spiro atoms. The third-order valence-electron chi connectivity index (χ3n) is 5.04. The van der Waals surface area contributed by atoms with E-state index in [9.17, 15) is 0 Å². The summed E-state index contributed by atoms with van der Waals surface area (Å²) >= 11 is 1.76. The lowest BCUT2D eigenvalue weighted by Crippen LogP contribution is -2.36. The monoisotopic (exact) mass is 308 g/mol. The van der Waals surface area contributed by atoms with Gasteiger partial charge in [-0.25, -0.2) is 4.98 Å². The van der Waals surface area contributed by atoms with Gasteiger partial charge in [-0.3, -0.25) is 0 Å². The number of nitrogens with zero attached hydrogens (tertiary/aromatic N) is 1. The number of hydrogen-bond donors (Lipinski definition) is 1. The first-order valence-corrected chi connectivity index (χ1v) is 9.16. The highest BCUT2D eigenvalue weighted by Gasteiger charge is 2.37. The average Bonchev–Trinajstić information content (AvgIpc) is 2.74. The molecule has 0 radical (unpaired) electrons. The Morgan fingerprint density at radius 3 is 2.33 bits per heavy atom. The molecular weight excluding hydrogens is 276 g/mol. The lowest BCUT2D eigenvalue weighted by Gasteiger charge is -2.30. The van der Waals surface area contributed by atoms with Gasteiger partial charge < -0.3 is 5.73 Å². The number of rotatable bonds is 1. The standard InChI is InChI=1S/C18H32N2S/c1-16(2,3)13-8-7-10-18(19,11-9-13)15-20-14(12-21-15)17(4,5)6/h12-13H,7-11,19H2,1-6H3. The molecule has 0 bridgehead atoms. The Balaban J connectivity index is 2.17. The van der Waals surface area contributed by atoms with Crippen LogP contribution in [0.5, 0.6) is 0 Å². The Morgan fingerprint density at radius 2 is 1.81 bits per heavy atom. The van der Waals surface area contributed by atoms with Crippen molar-refractivity contribution >= 4 is 11.3 Å². The largest absolute Gasteiger partial charge is 0.319 e. The molecule has 0 saturated heterocycles. The van der Waals surface area contributed by atoms with Crippen molar-refractivity contribution in [3.63, 3.8) is 0 Å². The predicted molar refractivity (Wildman–Crippen MR) is 92.7 cm³/mol. The van der Waals surface area contributed by atoms with E-state index in [0.717, 1.165) is 23.8 Å². The molecule has 1 aliphatic rings. The molecule has 1 aliphatic carbocycles. The Hall–Kier alpha value is -0.410. The summed E-state index contributed by atoms with van der Waals surface area (Å²) in [7, 11) is 0. The summed E-state index contributed by atoms with van der Waals surface area (Å²) in [5.41, 5.74) is 8.28. The first-order valence-electron chi connectivity index (χ1n) is 8.28. The first kappa shape index (κ1) is 17.0. The molecule has 2 atom stereocenters. The van der Waals surface area contributed by atoms with Crippen molar-refractivity contribution in [2.75, 3.05) is 0 Å². The second kappa shape index (κ2) is 5.66. The van der Waals surface area contributed by atoms with Gasteiger partial charge in [-0.2, -0.15) is 0 Å². The van der Waals surface area contributed by atoms with Gasteiger partial charge in [0.15, 0.2) is 0 Å². The van der Waals surface area contributed by atoms with Crippen molar-refractivity contribution in [2.45, 2.75) is 84.6 Å². The Morgan fingerprint density at radius 1 is 1.14 bits per heavy atom. The second-order valence-corrected chi connectivity index (χ2v) is 9.80. The summed E-state index contributed by atoms with van der Waals surface area (Å²) in [6.07, 6.45) is 5.91. The highest BCUT2D eigenvalue weighted by molar-refractivity contribution is 7.09. The van der Waals surface area contributed by atoms with Crippen molar-refractivity contribution in [3.8, 4) is 0 Å². The number of hydrogen-bond acceptors (Lipinski definition) is 3. The fourth-order valence-electron chi connectivity index (χ4n) is 3.29. The van der Waals surface area contributed by atoms with Gasteiger partial charge in [-0.15, -0.1) is 11.3 Å². The van der Waals surface area contributed by atoms with Crippen molar-refractivity contribution in [1.82, 2.24) is 4.98 Å². The molecular formula is C18H32N2S. The molecule has 21 heavy (non-hydrogen) atoms. The van der Waals surface area contributed by atoms with E-state index in [1.165, 1.54) is 25.0 Å². The minimum absolute atomic E-state index is 0.115. The number of nitrogens with two attached hydrogens (primary N) is 1. The van der Waals surface area contributed by atoms with Gasteiger partial charge in [-0.05, 0) is 37.0 Å². The van der Waals surface area contributed by atoms with Gasteiger partial charge in [0.1, 0.15) is 5.01 Å². The molecule has 1 aromatic rings. The van der Waals surface area contributed by atoms with Crippen LogP contribution >= 0.6 is 11.3 Å². The summed E-state index contributed by atoms with van der Waals surface area (Å²) < 4.78 is 0. The molecule has 0 aromatic carbocycles. The average molecular weight is 309 g/mol. The van der Waals surface area contributed by atoms with Gasteiger partial charge in [0.2, 0.25) is 0 Å². The van der Waals surface area contributed by atoms with Gasteiger partial charge in [0, 0.05) is 10.8 Å². The first-order chi connectivity index (χ1) is 9.52. The summed E-state index contributed by atoms with van der Waals surface area (Å²) in [6.45, 7) is 13.8. The minimum Gasteiger partial charge on any atom is -0.319 e. The number of thiazole rings is 1. The molecule has 2 nitrogen and oxygen atoms in total. The third-order valence-corrected chi connectivity index (χ3v) is 6.10. The molecule has 0 amide bonds. The summed E-state index contributed by atoms with van der Waals surface area (Å²) in [5.74, 6) is 0.782. The maximum atomic E-state index is 6.79. The van der Waals surface area contributed by atoms with Crippen LogP contribution < -0.4 is 5.73 Å². The van der Waals surface area contributed by atoms with Crippen molar-refractivity contribution < 1.29 is 0 Å². The zero-order valence-corrected chi connectivity index (χ0v) is 15.4. The van der Waals surface area contributed by atoms with E-state index < -0.39 is 0 Å². The van der Waals surface area contributed by atoms with Gasteiger partial charge >= 0.3 is 0 Å². The van der Waals surface area contributed by atoms with Crippen LogP contribution in [0.25, 0.3) is 0 Å². The topological polar surface area (TPSA) is 38.9 Å². The van der Waals surface area contributed by atoms with E-state index in [2.05, 4.69) is 46.9 Å². The molecule has 0 aliphatic heterocycles. The maximum Gasteiger partial charge on any atom is 0.113 e. The smallest absolute Gasteiger partial charge is 0.113 e. The molecule has 1 saturated carbocycles. The van der Waals surface area contributed by atoms with E-state index in [1.807, 2.05) is 0 Å². The minimum atomic E-state index is -0.200. The lowest BCUT2D eigenvalue weighted by molar-refractivity contribution is 0.210. The van der Waals surface area contributed by atoms with Crippen LogP contribution in [0.2, 0.25) is 0 Å². The Labute approximate surface area is 134 Å². The molecule has 1 fully saturated rings. The van der Waals surface area contributed by atoms with E-state index in [4.69, 9.17) is 10.7 Å². The van der Waals surface area contributed by atoms with Gasteiger partial charge in [-0.1, -0.05) is 48.0 Å². The van der Waals surface area contributed by atoms with Crippen LogP contribution in [0.15, 0.2) is 5.38 Å². The molecule has 1 aromatic heterocycles. The predicted octanol–water partition coefficient (Wildman–Crippen LogP) is 5.22. The van der Waals surface area contributed by atoms with Crippen LogP contribution in [0.4, 0.5) is 0 Å². The summed E-state index contributed by atoms with van der Waals surface area (Å²) in [6, 6.07) is 0. The van der Waals surface area contributed by atoms with Gasteiger partial charge in [0.25, 0.3) is 0 Å². The molecule has 2 unspecified atom stereocenters. The van der Waals surface area contributed by atoms with E-state index in [1.54, 1.807) is 11.3 Å². The second-order valence-electron chi connectivity index (χ2n) is 8.94. The lowest BCUT2D eigenvalue weighted by atomic mass is 9.76. The third kappa shape index (κ3) is 3.87. The SMILES string of the molecule is CC(C)(C)c1csc(C2(N)CCCC(C(C)(C)C)CC2)n1. The van der Waals surface area contributed by atoms with Crippen LogP contribution in [0, 0.1) is 11.3 Å².